The smallest absolute Gasteiger partial charge is 0.226 e. The number of nitrogens with zero attached hydrogens (tertiary/aromatic N) is 3. The summed E-state index contributed by atoms with van der Waals surface area (Å²) in [6.45, 7) is 9.66. The minimum Gasteiger partial charge on any atom is -0.373 e. The quantitative estimate of drug-likeness (QED) is 0.698. The number of rotatable bonds is 5. The molecule has 1 aliphatic carbocycles. The molecule has 1 aromatic carbocycles. The highest BCUT2D eigenvalue weighted by atomic mass is 19.1. The molecule has 1 aromatic heterocycles. The first-order valence-electron chi connectivity index (χ1n) is 11.0. The molecule has 5 rings (SSSR count). The van der Waals surface area contributed by atoms with E-state index < -0.39 is 0 Å². The number of fused-ring (bicyclic) bond motifs is 2. The largest absolute Gasteiger partial charge is 0.373 e. The Morgan fingerprint density at radius 1 is 1.17 bits per heavy atom. The standard InChI is InChI=1S/C23H31FN6/c1-5-15-16-10-26-11-17(16)19(15)27-22-28-20(25-4)18-21(29-22)30(12-23(18,2)3)14-8-6-13(24)7-9-14/h6-9,15-17,19,26H,5,10-12H2,1-4H3,(H2,25,27,28,29). The minimum absolute atomic E-state index is 0.122. The van der Waals surface area contributed by atoms with E-state index in [1.807, 2.05) is 19.2 Å². The highest BCUT2D eigenvalue weighted by Gasteiger charge is 2.52. The Balaban J connectivity index is 1.52. The Bertz CT molecular complexity index is 943. The van der Waals surface area contributed by atoms with Gasteiger partial charge < -0.3 is 20.9 Å². The molecule has 3 heterocycles. The van der Waals surface area contributed by atoms with Crippen molar-refractivity contribution < 1.29 is 4.39 Å². The van der Waals surface area contributed by atoms with Crippen molar-refractivity contribution in [1.29, 1.82) is 0 Å². The predicted octanol–water partition coefficient (Wildman–Crippen LogP) is 3.74. The highest BCUT2D eigenvalue weighted by molar-refractivity contribution is 5.75. The van der Waals surface area contributed by atoms with Crippen LogP contribution in [0.4, 0.5) is 27.7 Å². The van der Waals surface area contributed by atoms with Crippen LogP contribution in [-0.4, -0.2) is 42.7 Å². The third kappa shape index (κ3) is 2.94. The molecule has 4 unspecified atom stereocenters. The summed E-state index contributed by atoms with van der Waals surface area (Å²) in [5.74, 6) is 4.29. The van der Waals surface area contributed by atoms with Crippen molar-refractivity contribution in [2.75, 3.05) is 42.2 Å². The molecule has 0 amide bonds. The van der Waals surface area contributed by atoms with E-state index in [4.69, 9.17) is 9.97 Å². The zero-order valence-corrected chi connectivity index (χ0v) is 18.2. The SMILES string of the molecule is CCC1C2CNCC2C1Nc1nc(NC)c2c(n1)N(c1ccc(F)cc1)CC2(C)C. The number of nitrogens with one attached hydrogen (secondary N) is 3. The first-order valence-corrected chi connectivity index (χ1v) is 11.0. The molecule has 0 radical (unpaired) electrons. The maximum atomic E-state index is 13.5. The van der Waals surface area contributed by atoms with Crippen molar-refractivity contribution in [2.45, 2.75) is 38.6 Å². The summed E-state index contributed by atoms with van der Waals surface area (Å²) in [7, 11) is 1.91. The average molecular weight is 411 g/mol. The van der Waals surface area contributed by atoms with Gasteiger partial charge in [0, 0.05) is 42.8 Å². The van der Waals surface area contributed by atoms with E-state index in [0.29, 0.717) is 23.8 Å². The third-order valence-electron chi connectivity index (χ3n) is 7.30. The van der Waals surface area contributed by atoms with E-state index in [1.54, 1.807) is 0 Å². The van der Waals surface area contributed by atoms with E-state index >= 15 is 0 Å². The summed E-state index contributed by atoms with van der Waals surface area (Å²) < 4.78 is 13.5. The van der Waals surface area contributed by atoms with Crippen molar-refractivity contribution in [3.63, 3.8) is 0 Å². The van der Waals surface area contributed by atoms with Gasteiger partial charge in [0.05, 0.1) is 0 Å². The van der Waals surface area contributed by atoms with Crippen LogP contribution in [0.3, 0.4) is 0 Å². The molecule has 0 spiro atoms. The first-order chi connectivity index (χ1) is 14.4. The maximum Gasteiger partial charge on any atom is 0.226 e. The molecule has 1 saturated carbocycles. The van der Waals surface area contributed by atoms with Crippen LogP contribution in [0.15, 0.2) is 24.3 Å². The lowest BCUT2D eigenvalue weighted by atomic mass is 9.61. The molecule has 160 valence electrons. The molecule has 2 fully saturated rings. The molecular weight excluding hydrogens is 379 g/mol. The summed E-state index contributed by atoms with van der Waals surface area (Å²) in [4.78, 5) is 12.0. The normalized spacial score (nSPS) is 28.6. The number of benzene rings is 1. The van der Waals surface area contributed by atoms with Crippen LogP contribution in [0.1, 0.15) is 32.8 Å². The zero-order valence-electron chi connectivity index (χ0n) is 18.2. The van der Waals surface area contributed by atoms with Gasteiger partial charge in [0.1, 0.15) is 17.5 Å². The van der Waals surface area contributed by atoms with Crippen LogP contribution in [0.5, 0.6) is 0 Å². The van der Waals surface area contributed by atoms with Gasteiger partial charge in [-0.3, -0.25) is 0 Å². The summed E-state index contributed by atoms with van der Waals surface area (Å²) in [5, 5.41) is 10.5. The van der Waals surface area contributed by atoms with E-state index in [9.17, 15) is 4.39 Å². The topological polar surface area (TPSA) is 65.1 Å². The Kier molecular flexibility index (Phi) is 4.61. The van der Waals surface area contributed by atoms with Gasteiger partial charge in [0.15, 0.2) is 0 Å². The highest BCUT2D eigenvalue weighted by Crippen LogP contribution is 2.48. The molecule has 2 aliphatic heterocycles. The number of hydrogen-bond donors (Lipinski definition) is 3. The summed E-state index contributed by atoms with van der Waals surface area (Å²) in [5.41, 5.74) is 1.94. The second kappa shape index (κ2) is 7.08. The molecule has 30 heavy (non-hydrogen) atoms. The van der Waals surface area contributed by atoms with Crippen molar-refractivity contribution in [2.24, 2.45) is 17.8 Å². The Morgan fingerprint density at radius 3 is 2.60 bits per heavy atom. The van der Waals surface area contributed by atoms with Gasteiger partial charge in [0.2, 0.25) is 5.95 Å². The lowest BCUT2D eigenvalue weighted by molar-refractivity contribution is 0.0915. The third-order valence-corrected chi connectivity index (χ3v) is 7.30. The van der Waals surface area contributed by atoms with E-state index in [-0.39, 0.29) is 11.2 Å². The molecule has 2 aromatic rings. The lowest BCUT2D eigenvalue weighted by Crippen LogP contribution is -2.54. The van der Waals surface area contributed by atoms with Gasteiger partial charge in [-0.2, -0.15) is 9.97 Å². The molecule has 1 saturated heterocycles. The van der Waals surface area contributed by atoms with Crippen LogP contribution >= 0.6 is 0 Å². The summed E-state index contributed by atoms with van der Waals surface area (Å²) >= 11 is 0. The summed E-state index contributed by atoms with van der Waals surface area (Å²) in [6.07, 6.45) is 1.17. The molecule has 6 nitrogen and oxygen atoms in total. The van der Waals surface area contributed by atoms with Gasteiger partial charge in [-0.15, -0.1) is 0 Å². The van der Waals surface area contributed by atoms with Gasteiger partial charge in [-0.25, -0.2) is 4.39 Å². The van der Waals surface area contributed by atoms with Crippen LogP contribution < -0.4 is 20.9 Å². The van der Waals surface area contributed by atoms with E-state index in [2.05, 4.69) is 41.6 Å². The van der Waals surface area contributed by atoms with Crippen LogP contribution in [-0.2, 0) is 5.41 Å². The second-order valence-corrected chi connectivity index (χ2v) is 9.52. The van der Waals surface area contributed by atoms with Gasteiger partial charge in [-0.05, 0) is 48.6 Å². The Labute approximate surface area is 177 Å². The average Bonchev–Trinajstić information content (AvgIpc) is 3.26. The number of anilines is 4. The summed E-state index contributed by atoms with van der Waals surface area (Å²) in [6, 6.07) is 7.07. The first kappa shape index (κ1) is 19.5. The van der Waals surface area contributed by atoms with Crippen molar-refractivity contribution >= 4 is 23.3 Å². The Morgan fingerprint density at radius 2 is 1.90 bits per heavy atom. The number of halogens is 1. The fourth-order valence-electron chi connectivity index (χ4n) is 5.84. The number of aromatic nitrogens is 2. The minimum atomic E-state index is -0.228. The van der Waals surface area contributed by atoms with E-state index in [0.717, 1.165) is 48.4 Å². The number of hydrogen-bond acceptors (Lipinski definition) is 6. The van der Waals surface area contributed by atoms with E-state index in [1.165, 1.54) is 18.6 Å². The molecular formula is C23H31FN6. The fraction of sp³-hybridized carbons (Fsp3) is 0.565. The van der Waals surface area contributed by atoms with Crippen LogP contribution in [0, 0.1) is 23.6 Å². The second-order valence-electron chi connectivity index (χ2n) is 9.52. The molecule has 3 N–H and O–H groups in total. The molecule has 0 bridgehead atoms. The van der Waals surface area contributed by atoms with Gasteiger partial charge in [-0.1, -0.05) is 27.2 Å². The van der Waals surface area contributed by atoms with Gasteiger partial charge in [0.25, 0.3) is 0 Å². The maximum absolute atomic E-state index is 13.5. The van der Waals surface area contributed by atoms with Crippen molar-refractivity contribution in [3.8, 4) is 0 Å². The fourth-order valence-corrected chi connectivity index (χ4v) is 5.84. The predicted molar refractivity (Wildman–Crippen MR) is 119 cm³/mol. The van der Waals surface area contributed by atoms with Crippen LogP contribution in [0.25, 0.3) is 0 Å². The molecule has 3 aliphatic rings. The van der Waals surface area contributed by atoms with Crippen molar-refractivity contribution in [3.05, 3.63) is 35.6 Å². The van der Waals surface area contributed by atoms with Gasteiger partial charge >= 0.3 is 0 Å². The van der Waals surface area contributed by atoms with Crippen LogP contribution in [0.2, 0.25) is 0 Å². The zero-order chi connectivity index (χ0) is 21.0. The molecule has 7 heteroatoms. The lowest BCUT2D eigenvalue weighted by Gasteiger charge is -2.48. The monoisotopic (exact) mass is 410 g/mol. The van der Waals surface area contributed by atoms with Crippen molar-refractivity contribution in [1.82, 2.24) is 15.3 Å². The molecule has 4 atom stereocenters. The Hall–Kier alpha value is -2.41.